The molecule has 2 atom stereocenters. The highest BCUT2D eigenvalue weighted by molar-refractivity contribution is 5.21. The quantitative estimate of drug-likeness (QED) is 0.811. The Morgan fingerprint density at radius 1 is 1.04 bits per heavy atom. The molecule has 2 aliphatic heterocycles. The molecule has 0 radical (unpaired) electrons. The summed E-state index contributed by atoms with van der Waals surface area (Å²) in [6.45, 7) is 5.70. The number of morpholine rings is 1. The summed E-state index contributed by atoms with van der Waals surface area (Å²) in [4.78, 5) is 4.96. The normalized spacial score (nSPS) is 24.8. The molecule has 2 heterocycles. The maximum atomic E-state index is 13.6. The van der Waals surface area contributed by atoms with E-state index in [0.29, 0.717) is 6.04 Å². The van der Waals surface area contributed by atoms with E-state index in [1.165, 1.54) is 18.1 Å². The van der Waals surface area contributed by atoms with Gasteiger partial charge in [0, 0.05) is 32.2 Å². The van der Waals surface area contributed by atoms with Crippen molar-refractivity contribution in [2.45, 2.75) is 31.5 Å². The van der Waals surface area contributed by atoms with Crippen LogP contribution >= 0.6 is 0 Å². The summed E-state index contributed by atoms with van der Waals surface area (Å²) in [5.74, 6) is -0.141. The van der Waals surface area contributed by atoms with Crippen LogP contribution in [-0.4, -0.2) is 48.7 Å². The third-order valence-corrected chi connectivity index (χ3v) is 5.51. The van der Waals surface area contributed by atoms with Gasteiger partial charge in [0.2, 0.25) is 0 Å². The zero-order chi connectivity index (χ0) is 17.8. The summed E-state index contributed by atoms with van der Waals surface area (Å²) in [5, 5.41) is 0. The van der Waals surface area contributed by atoms with Gasteiger partial charge in [0.15, 0.2) is 0 Å². The number of rotatable bonds is 5. The molecule has 0 spiro atoms. The Balaban J connectivity index is 1.37. The maximum Gasteiger partial charge on any atom is 0.123 e. The predicted molar refractivity (Wildman–Crippen MR) is 101 cm³/mol. The van der Waals surface area contributed by atoms with E-state index in [9.17, 15) is 4.39 Å². The molecule has 2 fully saturated rings. The van der Waals surface area contributed by atoms with E-state index >= 15 is 0 Å². The highest BCUT2D eigenvalue weighted by Crippen LogP contribution is 2.32. The molecule has 0 unspecified atom stereocenters. The molecule has 3 nitrogen and oxygen atoms in total. The minimum Gasteiger partial charge on any atom is -0.374 e. The average Bonchev–Trinajstić information content (AvgIpc) is 3.11. The Bertz CT molecular complexity index is 708. The Morgan fingerprint density at radius 2 is 1.92 bits per heavy atom. The first-order valence-electron chi connectivity index (χ1n) is 9.65. The number of hydrogen-bond acceptors (Lipinski definition) is 3. The van der Waals surface area contributed by atoms with Gasteiger partial charge in [-0.3, -0.25) is 9.80 Å². The first-order chi connectivity index (χ1) is 12.8. The van der Waals surface area contributed by atoms with Gasteiger partial charge in [0.25, 0.3) is 0 Å². The van der Waals surface area contributed by atoms with E-state index < -0.39 is 0 Å². The molecular formula is C22H27FN2O. The van der Waals surface area contributed by atoms with Crippen LogP contribution in [0.2, 0.25) is 0 Å². The molecule has 2 aromatic carbocycles. The van der Waals surface area contributed by atoms with E-state index in [4.69, 9.17) is 4.74 Å². The smallest absolute Gasteiger partial charge is 0.123 e. The standard InChI is InChI=1S/C22H27FN2O/c23-20-9-4-8-19(14-20)22-10-5-11-25(22)17-21-16-24(12-13-26-21)15-18-6-2-1-3-7-18/h1-4,6-9,14,21-22H,5,10-13,15-17H2/t21-,22+/m0/s1. The van der Waals surface area contributed by atoms with Crippen LogP contribution in [0.25, 0.3) is 0 Å². The molecule has 0 bridgehead atoms. The topological polar surface area (TPSA) is 15.7 Å². The van der Waals surface area contributed by atoms with Crippen LogP contribution in [0.1, 0.15) is 30.0 Å². The van der Waals surface area contributed by atoms with Gasteiger partial charge in [-0.2, -0.15) is 0 Å². The molecule has 0 aromatic heterocycles. The summed E-state index contributed by atoms with van der Waals surface area (Å²) in [6.07, 6.45) is 2.49. The third kappa shape index (κ3) is 4.32. The summed E-state index contributed by atoms with van der Waals surface area (Å²) in [6, 6.07) is 18.0. The lowest BCUT2D eigenvalue weighted by atomic mass is 10.0. The van der Waals surface area contributed by atoms with Crippen LogP contribution in [0.4, 0.5) is 4.39 Å². The molecule has 0 saturated carbocycles. The van der Waals surface area contributed by atoms with Crippen molar-refractivity contribution in [1.82, 2.24) is 9.80 Å². The number of benzene rings is 2. The maximum absolute atomic E-state index is 13.6. The SMILES string of the molecule is Fc1cccc([C@H]2CCCN2C[C@@H]2CN(Cc3ccccc3)CCO2)c1. The Morgan fingerprint density at radius 3 is 2.77 bits per heavy atom. The molecule has 0 amide bonds. The largest absolute Gasteiger partial charge is 0.374 e. The molecular weight excluding hydrogens is 327 g/mol. The van der Waals surface area contributed by atoms with Gasteiger partial charge in [-0.15, -0.1) is 0 Å². The second kappa shape index (κ2) is 8.30. The van der Waals surface area contributed by atoms with Crippen molar-refractivity contribution >= 4 is 0 Å². The number of ether oxygens (including phenoxy) is 1. The monoisotopic (exact) mass is 354 g/mol. The van der Waals surface area contributed by atoms with E-state index in [2.05, 4.69) is 46.2 Å². The van der Waals surface area contributed by atoms with Crippen LogP contribution in [-0.2, 0) is 11.3 Å². The molecule has 2 aromatic rings. The first kappa shape index (κ1) is 17.7. The molecule has 26 heavy (non-hydrogen) atoms. The lowest BCUT2D eigenvalue weighted by molar-refractivity contribution is -0.0475. The van der Waals surface area contributed by atoms with Crippen molar-refractivity contribution in [3.8, 4) is 0 Å². The average molecular weight is 354 g/mol. The van der Waals surface area contributed by atoms with Crippen LogP contribution < -0.4 is 0 Å². The fraction of sp³-hybridized carbons (Fsp3) is 0.455. The van der Waals surface area contributed by atoms with E-state index in [-0.39, 0.29) is 11.9 Å². The fourth-order valence-corrected chi connectivity index (χ4v) is 4.27. The second-order valence-corrected chi connectivity index (χ2v) is 7.42. The third-order valence-electron chi connectivity index (χ3n) is 5.51. The van der Waals surface area contributed by atoms with Crippen molar-refractivity contribution in [3.05, 3.63) is 71.5 Å². The van der Waals surface area contributed by atoms with Crippen molar-refractivity contribution in [2.24, 2.45) is 0 Å². The number of nitrogens with zero attached hydrogens (tertiary/aromatic N) is 2. The predicted octanol–water partition coefficient (Wildman–Crippen LogP) is 3.86. The Kier molecular flexibility index (Phi) is 5.63. The lowest BCUT2D eigenvalue weighted by Gasteiger charge is -2.36. The van der Waals surface area contributed by atoms with Gasteiger partial charge in [-0.05, 0) is 42.6 Å². The van der Waals surface area contributed by atoms with E-state index in [0.717, 1.165) is 51.3 Å². The van der Waals surface area contributed by atoms with Crippen molar-refractivity contribution in [3.63, 3.8) is 0 Å². The van der Waals surface area contributed by atoms with Crippen LogP contribution in [0, 0.1) is 5.82 Å². The molecule has 0 aliphatic carbocycles. The minimum atomic E-state index is -0.141. The zero-order valence-corrected chi connectivity index (χ0v) is 15.2. The molecule has 2 aliphatic rings. The summed E-state index contributed by atoms with van der Waals surface area (Å²) < 4.78 is 19.7. The van der Waals surface area contributed by atoms with Crippen molar-refractivity contribution < 1.29 is 9.13 Å². The van der Waals surface area contributed by atoms with E-state index in [1.807, 2.05) is 6.07 Å². The molecule has 0 N–H and O–H groups in total. The summed E-state index contributed by atoms with van der Waals surface area (Å²) >= 11 is 0. The highest BCUT2D eigenvalue weighted by Gasteiger charge is 2.30. The van der Waals surface area contributed by atoms with Gasteiger partial charge in [-0.1, -0.05) is 42.5 Å². The van der Waals surface area contributed by atoms with Gasteiger partial charge >= 0.3 is 0 Å². The molecule has 138 valence electrons. The van der Waals surface area contributed by atoms with Gasteiger partial charge < -0.3 is 4.74 Å². The lowest BCUT2D eigenvalue weighted by Crippen LogP contribution is -2.47. The number of hydrogen-bond donors (Lipinski definition) is 0. The Labute approximate surface area is 155 Å². The summed E-state index contributed by atoms with van der Waals surface area (Å²) in [5.41, 5.74) is 2.45. The molecule has 4 heteroatoms. The number of likely N-dealkylation sites (tertiary alicyclic amines) is 1. The van der Waals surface area contributed by atoms with Crippen molar-refractivity contribution in [2.75, 3.05) is 32.8 Å². The van der Waals surface area contributed by atoms with Crippen LogP contribution in [0.5, 0.6) is 0 Å². The zero-order valence-electron chi connectivity index (χ0n) is 15.2. The van der Waals surface area contributed by atoms with Gasteiger partial charge in [0.1, 0.15) is 5.82 Å². The highest BCUT2D eigenvalue weighted by atomic mass is 19.1. The van der Waals surface area contributed by atoms with Crippen molar-refractivity contribution in [1.29, 1.82) is 0 Å². The minimum absolute atomic E-state index is 0.141. The summed E-state index contributed by atoms with van der Waals surface area (Å²) in [7, 11) is 0. The van der Waals surface area contributed by atoms with Gasteiger partial charge in [0.05, 0.1) is 12.7 Å². The van der Waals surface area contributed by atoms with E-state index in [1.54, 1.807) is 6.07 Å². The molecule has 4 rings (SSSR count). The second-order valence-electron chi connectivity index (χ2n) is 7.42. The first-order valence-corrected chi connectivity index (χ1v) is 9.65. The van der Waals surface area contributed by atoms with Gasteiger partial charge in [-0.25, -0.2) is 4.39 Å². The van der Waals surface area contributed by atoms with Crippen LogP contribution in [0.15, 0.2) is 54.6 Å². The number of halogens is 1. The van der Waals surface area contributed by atoms with Crippen LogP contribution in [0.3, 0.4) is 0 Å². The fourth-order valence-electron chi connectivity index (χ4n) is 4.27. The molecule has 2 saturated heterocycles. The Hall–Kier alpha value is -1.75.